The van der Waals surface area contributed by atoms with Gasteiger partial charge < -0.3 is 15.2 Å². The van der Waals surface area contributed by atoms with E-state index in [-0.39, 0.29) is 23.7 Å². The number of methoxy groups -OCH3 is 1. The molecular formula is C23H23F3N4O4S. The summed E-state index contributed by atoms with van der Waals surface area (Å²) in [5, 5.41) is 15.0. The molecule has 0 unspecified atom stereocenters. The van der Waals surface area contributed by atoms with Gasteiger partial charge in [-0.3, -0.25) is 9.69 Å². The highest BCUT2D eigenvalue weighted by Crippen LogP contribution is 2.43. The van der Waals surface area contributed by atoms with Crippen molar-refractivity contribution >= 4 is 29.1 Å². The van der Waals surface area contributed by atoms with E-state index >= 15 is 0 Å². The molecule has 35 heavy (non-hydrogen) atoms. The van der Waals surface area contributed by atoms with Gasteiger partial charge in [-0.25, -0.2) is 27.9 Å². The van der Waals surface area contributed by atoms with E-state index in [0.717, 1.165) is 4.90 Å². The second-order valence-electron chi connectivity index (χ2n) is 8.81. The van der Waals surface area contributed by atoms with Gasteiger partial charge >= 0.3 is 11.9 Å². The highest BCUT2D eigenvalue weighted by atomic mass is 32.1. The molecule has 2 aliphatic rings. The van der Waals surface area contributed by atoms with Crippen LogP contribution < -0.4 is 5.32 Å². The number of hydrogen-bond acceptors (Lipinski definition) is 8. The summed E-state index contributed by atoms with van der Waals surface area (Å²) < 4.78 is 47.5. The maximum atomic E-state index is 14.4. The average Bonchev–Trinajstić information content (AvgIpc) is 3.40. The van der Waals surface area contributed by atoms with Crippen molar-refractivity contribution in [1.82, 2.24) is 15.2 Å². The van der Waals surface area contributed by atoms with Crippen LogP contribution in [-0.2, 0) is 19.9 Å². The minimum absolute atomic E-state index is 0.00475. The van der Waals surface area contributed by atoms with Crippen LogP contribution in [0.4, 0.5) is 13.2 Å². The van der Waals surface area contributed by atoms with E-state index in [2.05, 4.69) is 10.3 Å². The number of carboxylic acids is 1. The standard InChI is InChI=1S/C23H23F3N4O4S/c1-21(20(32)33)11-23(25,26)12-30(21)10-15-16(19(31)34-3)22(2,13-4-6-14(24)7-5-13)29-17(28-15)18-27-8-9-35-18/h4-9H,10-12H2,1-3H3,(H,28,29)(H,32,33)/t21-,22+/m0/s1. The molecule has 0 spiro atoms. The first kappa shape index (κ1) is 24.9. The summed E-state index contributed by atoms with van der Waals surface area (Å²) in [6.07, 6.45) is 0.681. The highest BCUT2D eigenvalue weighted by molar-refractivity contribution is 7.11. The molecule has 1 fully saturated rings. The van der Waals surface area contributed by atoms with Gasteiger partial charge in [-0.2, -0.15) is 0 Å². The molecule has 1 aromatic carbocycles. The molecule has 0 radical (unpaired) electrons. The van der Waals surface area contributed by atoms with Crippen molar-refractivity contribution in [3.8, 4) is 0 Å². The number of hydrogen-bond donors (Lipinski definition) is 2. The van der Waals surface area contributed by atoms with Crippen LogP contribution >= 0.6 is 11.3 Å². The molecule has 0 amide bonds. The number of amidine groups is 1. The second-order valence-corrected chi connectivity index (χ2v) is 9.71. The lowest BCUT2D eigenvalue weighted by molar-refractivity contribution is -0.148. The Morgan fingerprint density at radius 3 is 2.51 bits per heavy atom. The van der Waals surface area contributed by atoms with Crippen LogP contribution in [0, 0.1) is 5.82 Å². The number of benzene rings is 1. The molecule has 4 rings (SSSR count). The van der Waals surface area contributed by atoms with Crippen molar-refractivity contribution in [3.05, 3.63) is 63.5 Å². The van der Waals surface area contributed by atoms with E-state index in [1.807, 2.05) is 0 Å². The smallest absolute Gasteiger partial charge is 0.338 e. The van der Waals surface area contributed by atoms with Gasteiger partial charge in [0.2, 0.25) is 0 Å². The zero-order valence-electron chi connectivity index (χ0n) is 19.1. The van der Waals surface area contributed by atoms with E-state index in [4.69, 9.17) is 9.73 Å². The Balaban J connectivity index is 1.89. The third-order valence-electron chi connectivity index (χ3n) is 6.36. The molecule has 3 heterocycles. The van der Waals surface area contributed by atoms with Crippen LogP contribution in [0.2, 0.25) is 0 Å². The maximum absolute atomic E-state index is 14.4. The molecule has 12 heteroatoms. The third kappa shape index (κ3) is 4.43. The summed E-state index contributed by atoms with van der Waals surface area (Å²) >= 11 is 1.26. The summed E-state index contributed by atoms with van der Waals surface area (Å²) in [7, 11) is 1.17. The Morgan fingerprint density at radius 1 is 1.26 bits per heavy atom. The van der Waals surface area contributed by atoms with Crippen LogP contribution in [0.5, 0.6) is 0 Å². The zero-order chi connectivity index (χ0) is 25.6. The first-order valence-electron chi connectivity index (χ1n) is 10.6. The molecule has 2 aliphatic heterocycles. The highest BCUT2D eigenvalue weighted by Gasteiger charge is 2.57. The maximum Gasteiger partial charge on any atom is 0.338 e. The van der Waals surface area contributed by atoms with Crippen LogP contribution in [0.1, 0.15) is 30.8 Å². The number of esters is 1. The first-order chi connectivity index (χ1) is 16.4. The Morgan fingerprint density at radius 2 is 1.94 bits per heavy atom. The number of halogens is 3. The van der Waals surface area contributed by atoms with Crippen molar-refractivity contribution in [2.24, 2.45) is 4.99 Å². The van der Waals surface area contributed by atoms with Crippen LogP contribution in [0.15, 0.2) is 52.1 Å². The Hall–Kier alpha value is -3.25. The van der Waals surface area contributed by atoms with Crippen LogP contribution in [0.25, 0.3) is 0 Å². The number of rotatable bonds is 6. The minimum atomic E-state index is -3.24. The lowest BCUT2D eigenvalue weighted by Gasteiger charge is -2.37. The van der Waals surface area contributed by atoms with Gasteiger partial charge in [-0.15, -0.1) is 11.3 Å². The molecule has 2 atom stereocenters. The topological polar surface area (TPSA) is 104 Å². The molecule has 2 aromatic rings. The number of carbonyl (C=O) groups excluding carboxylic acids is 1. The molecule has 8 nitrogen and oxygen atoms in total. The summed E-state index contributed by atoms with van der Waals surface area (Å²) in [4.78, 5) is 35.1. The third-order valence-corrected chi connectivity index (χ3v) is 7.14. The quantitative estimate of drug-likeness (QED) is 0.578. The number of carboxylic acid groups (broad SMARTS) is 1. The van der Waals surface area contributed by atoms with E-state index < -0.39 is 47.7 Å². The summed E-state index contributed by atoms with van der Waals surface area (Å²) in [5.74, 6) is -5.65. The van der Waals surface area contributed by atoms with Gasteiger partial charge in [-0.1, -0.05) is 12.1 Å². The number of aliphatic imine (C=N–C) groups is 1. The number of carbonyl (C=O) groups is 2. The van der Waals surface area contributed by atoms with Crippen molar-refractivity contribution in [1.29, 1.82) is 0 Å². The minimum Gasteiger partial charge on any atom is -0.480 e. The van der Waals surface area contributed by atoms with Gasteiger partial charge in [0.05, 0.1) is 19.2 Å². The predicted molar refractivity (Wildman–Crippen MR) is 122 cm³/mol. The fourth-order valence-corrected chi connectivity index (χ4v) is 5.11. The number of nitrogens with one attached hydrogen (secondary N) is 1. The Bertz CT molecular complexity index is 1220. The molecule has 186 valence electrons. The van der Waals surface area contributed by atoms with Crippen molar-refractivity contribution in [2.75, 3.05) is 20.2 Å². The van der Waals surface area contributed by atoms with Crippen LogP contribution in [0.3, 0.4) is 0 Å². The van der Waals surface area contributed by atoms with Gasteiger partial charge in [-0.05, 0) is 31.5 Å². The Kier molecular flexibility index (Phi) is 6.22. The zero-order valence-corrected chi connectivity index (χ0v) is 20.0. The van der Waals surface area contributed by atoms with Crippen molar-refractivity contribution in [2.45, 2.75) is 37.3 Å². The second kappa shape index (κ2) is 8.76. The molecule has 0 bridgehead atoms. The monoisotopic (exact) mass is 508 g/mol. The van der Waals surface area contributed by atoms with Crippen LogP contribution in [-0.4, -0.2) is 64.4 Å². The SMILES string of the molecule is COC(=O)C1=C(CN2CC(F)(F)C[C@@]2(C)C(=O)O)NC(c2nccs2)=N[C@]1(C)c1ccc(F)cc1. The number of likely N-dealkylation sites (tertiary alicyclic amines) is 1. The van der Waals surface area contributed by atoms with E-state index in [1.54, 1.807) is 18.5 Å². The predicted octanol–water partition coefficient (Wildman–Crippen LogP) is 3.16. The summed E-state index contributed by atoms with van der Waals surface area (Å²) in [5.41, 5.74) is -2.70. The van der Waals surface area contributed by atoms with Crippen molar-refractivity contribution < 1.29 is 32.6 Å². The number of alkyl halides is 2. The fraction of sp³-hybridized carbons (Fsp3) is 0.391. The first-order valence-corrected chi connectivity index (χ1v) is 11.5. The van der Waals surface area contributed by atoms with Crippen molar-refractivity contribution in [3.63, 3.8) is 0 Å². The molecule has 1 saturated heterocycles. The van der Waals surface area contributed by atoms with E-state index in [0.29, 0.717) is 10.6 Å². The fourth-order valence-electron chi connectivity index (χ4n) is 4.53. The number of aromatic nitrogens is 1. The summed E-state index contributed by atoms with van der Waals surface area (Å²) in [6, 6.07) is 5.38. The number of ether oxygens (including phenoxy) is 1. The number of aliphatic carboxylic acids is 1. The Labute approximate surface area is 203 Å². The van der Waals surface area contributed by atoms with E-state index in [1.165, 1.54) is 49.6 Å². The van der Waals surface area contributed by atoms with Gasteiger partial charge in [0.25, 0.3) is 5.92 Å². The van der Waals surface area contributed by atoms with Gasteiger partial charge in [0.1, 0.15) is 16.9 Å². The largest absolute Gasteiger partial charge is 0.480 e. The summed E-state index contributed by atoms with van der Waals surface area (Å²) in [6.45, 7) is 1.71. The van der Waals surface area contributed by atoms with Gasteiger partial charge in [0, 0.05) is 30.2 Å². The normalized spacial score (nSPS) is 26.3. The molecule has 1 aromatic heterocycles. The molecular weight excluding hydrogens is 485 g/mol. The molecule has 0 aliphatic carbocycles. The number of thiazole rings is 1. The molecule has 0 saturated carbocycles. The lowest BCUT2D eigenvalue weighted by atomic mass is 9.82. The van der Waals surface area contributed by atoms with Gasteiger partial charge in [0.15, 0.2) is 10.8 Å². The average molecular weight is 509 g/mol. The van der Waals surface area contributed by atoms with E-state index in [9.17, 15) is 27.9 Å². The molecule has 2 N–H and O–H groups in total. The lowest BCUT2D eigenvalue weighted by Crippen LogP contribution is -2.51. The number of nitrogens with zero attached hydrogens (tertiary/aromatic N) is 3.